The van der Waals surface area contributed by atoms with Crippen molar-refractivity contribution in [3.05, 3.63) is 71.3 Å². The molecule has 0 bridgehead atoms. The number of carbonyl (C=O) groups is 1. The van der Waals surface area contributed by atoms with Gasteiger partial charge >= 0.3 is 6.09 Å². The van der Waals surface area contributed by atoms with Gasteiger partial charge in [-0.05, 0) is 49.4 Å². The number of nitrogens with zero attached hydrogens (tertiary/aromatic N) is 5. The first-order valence-corrected chi connectivity index (χ1v) is 12.5. The number of anilines is 1. The van der Waals surface area contributed by atoms with Gasteiger partial charge in [0.15, 0.2) is 0 Å². The number of hydrogen-bond acceptors (Lipinski definition) is 6. The molecule has 5 rings (SSSR count). The minimum atomic E-state index is -0.880. The van der Waals surface area contributed by atoms with E-state index >= 15 is 0 Å². The number of carboxylic acid groups (broad SMARTS) is 1. The van der Waals surface area contributed by atoms with Crippen molar-refractivity contribution in [1.29, 1.82) is 0 Å². The smallest absolute Gasteiger partial charge is 0.407 e. The Morgan fingerprint density at radius 1 is 1.09 bits per heavy atom. The molecule has 1 aliphatic rings. The van der Waals surface area contributed by atoms with Gasteiger partial charge in [0, 0.05) is 42.2 Å². The summed E-state index contributed by atoms with van der Waals surface area (Å²) >= 11 is 1.49. The molecule has 3 aromatic heterocycles. The van der Waals surface area contributed by atoms with E-state index in [-0.39, 0.29) is 0 Å². The maximum atomic E-state index is 11.6. The number of thiazole rings is 1. The van der Waals surface area contributed by atoms with E-state index in [0.717, 1.165) is 66.0 Å². The van der Waals surface area contributed by atoms with E-state index in [1.807, 2.05) is 35.8 Å². The van der Waals surface area contributed by atoms with Crippen LogP contribution in [0.15, 0.2) is 65.6 Å². The van der Waals surface area contributed by atoms with Crippen molar-refractivity contribution in [3.63, 3.8) is 0 Å². The van der Waals surface area contributed by atoms with E-state index in [2.05, 4.69) is 39.1 Å². The van der Waals surface area contributed by atoms with Gasteiger partial charge in [-0.1, -0.05) is 24.3 Å². The van der Waals surface area contributed by atoms with E-state index in [1.165, 1.54) is 16.2 Å². The lowest BCUT2D eigenvalue weighted by Crippen LogP contribution is -2.36. The Bertz CT molecular complexity index is 1250. The molecule has 1 fully saturated rings. The summed E-state index contributed by atoms with van der Waals surface area (Å²) in [5, 5.41) is 12.6. The van der Waals surface area contributed by atoms with Crippen LogP contribution < -0.4 is 4.90 Å². The Kier molecular flexibility index (Phi) is 6.67. The predicted octanol–water partition coefficient (Wildman–Crippen LogP) is 5.54. The maximum absolute atomic E-state index is 11.6. The van der Waals surface area contributed by atoms with Crippen LogP contribution in [0.25, 0.3) is 22.2 Å². The average Bonchev–Trinajstić information content (AvgIpc) is 3.40. The summed E-state index contributed by atoms with van der Waals surface area (Å²) in [6.45, 7) is 2.76. The van der Waals surface area contributed by atoms with Crippen molar-refractivity contribution in [2.24, 2.45) is 5.92 Å². The molecule has 0 spiro atoms. The van der Waals surface area contributed by atoms with Crippen LogP contribution >= 0.6 is 11.3 Å². The Morgan fingerprint density at radius 2 is 1.94 bits per heavy atom. The summed E-state index contributed by atoms with van der Waals surface area (Å²) in [5.74, 6) is 1.51. The normalized spacial score (nSPS) is 14.4. The SMILES string of the molecule is O=C(O)N(CCC1CCN(c2cccc(-c3ccnc4ccccc34)n2)CC1)Cc1cscn1. The average molecular weight is 474 g/mol. The molecule has 1 amide bonds. The van der Waals surface area contributed by atoms with Crippen LogP contribution in [-0.2, 0) is 6.54 Å². The number of pyridine rings is 2. The highest BCUT2D eigenvalue weighted by molar-refractivity contribution is 7.07. The molecule has 0 radical (unpaired) electrons. The van der Waals surface area contributed by atoms with Crippen molar-refractivity contribution in [3.8, 4) is 11.3 Å². The number of benzene rings is 1. The van der Waals surface area contributed by atoms with Crippen molar-refractivity contribution in [2.75, 3.05) is 24.5 Å². The number of hydrogen-bond donors (Lipinski definition) is 1. The molecule has 1 aromatic carbocycles. The van der Waals surface area contributed by atoms with Gasteiger partial charge in [-0.25, -0.2) is 14.8 Å². The van der Waals surface area contributed by atoms with E-state index in [4.69, 9.17) is 4.98 Å². The molecule has 0 aliphatic carbocycles. The Balaban J connectivity index is 1.21. The number of para-hydroxylation sites is 1. The lowest BCUT2D eigenvalue weighted by molar-refractivity contribution is 0.137. The van der Waals surface area contributed by atoms with Crippen LogP contribution in [-0.4, -0.2) is 50.7 Å². The van der Waals surface area contributed by atoms with Crippen LogP contribution in [0.5, 0.6) is 0 Å². The minimum absolute atomic E-state index is 0.359. The van der Waals surface area contributed by atoms with Gasteiger partial charge in [-0.3, -0.25) is 4.98 Å². The molecule has 0 unspecified atom stereocenters. The van der Waals surface area contributed by atoms with Gasteiger partial charge in [0.25, 0.3) is 0 Å². The highest BCUT2D eigenvalue weighted by Crippen LogP contribution is 2.29. The number of rotatable bonds is 7. The van der Waals surface area contributed by atoms with Gasteiger partial charge in [-0.15, -0.1) is 11.3 Å². The molecule has 1 aliphatic heterocycles. The molecule has 1 N–H and O–H groups in total. The van der Waals surface area contributed by atoms with Crippen LogP contribution in [0.2, 0.25) is 0 Å². The molecule has 1 saturated heterocycles. The Morgan fingerprint density at radius 3 is 2.74 bits per heavy atom. The molecule has 0 atom stereocenters. The summed E-state index contributed by atoms with van der Waals surface area (Å²) in [5.41, 5.74) is 5.58. The molecular weight excluding hydrogens is 446 g/mol. The second-order valence-corrected chi connectivity index (χ2v) is 9.38. The fourth-order valence-electron chi connectivity index (χ4n) is 4.61. The van der Waals surface area contributed by atoms with E-state index in [0.29, 0.717) is 19.0 Å². The minimum Gasteiger partial charge on any atom is -0.465 e. The van der Waals surface area contributed by atoms with Gasteiger partial charge in [0.1, 0.15) is 5.82 Å². The van der Waals surface area contributed by atoms with Crippen molar-refractivity contribution in [1.82, 2.24) is 19.9 Å². The lowest BCUT2D eigenvalue weighted by Gasteiger charge is -2.33. The Hall–Kier alpha value is -3.52. The highest BCUT2D eigenvalue weighted by Gasteiger charge is 2.22. The van der Waals surface area contributed by atoms with Gasteiger partial charge in [0.2, 0.25) is 0 Å². The third kappa shape index (κ3) is 5.02. The second-order valence-electron chi connectivity index (χ2n) is 8.66. The third-order valence-corrected chi connectivity index (χ3v) is 7.15. The highest BCUT2D eigenvalue weighted by atomic mass is 32.1. The number of amides is 1. The van der Waals surface area contributed by atoms with Crippen molar-refractivity contribution in [2.45, 2.75) is 25.8 Å². The van der Waals surface area contributed by atoms with E-state index < -0.39 is 6.09 Å². The summed E-state index contributed by atoms with van der Waals surface area (Å²) in [6.07, 6.45) is 3.91. The van der Waals surface area contributed by atoms with Gasteiger partial charge < -0.3 is 14.9 Å². The largest absolute Gasteiger partial charge is 0.465 e. The molecular formula is C26H27N5O2S. The third-order valence-electron chi connectivity index (χ3n) is 6.51. The first-order chi connectivity index (χ1) is 16.7. The Labute approximate surface area is 202 Å². The van der Waals surface area contributed by atoms with Crippen LogP contribution in [0, 0.1) is 5.92 Å². The summed E-state index contributed by atoms with van der Waals surface area (Å²) in [6, 6.07) is 16.4. The molecule has 174 valence electrons. The monoisotopic (exact) mass is 473 g/mol. The zero-order valence-corrected chi connectivity index (χ0v) is 19.7. The van der Waals surface area contributed by atoms with Crippen LogP contribution in [0.4, 0.5) is 10.6 Å². The van der Waals surface area contributed by atoms with Gasteiger partial charge in [0.05, 0.1) is 29.0 Å². The quantitative estimate of drug-likeness (QED) is 0.379. The van der Waals surface area contributed by atoms with Crippen LogP contribution in [0.1, 0.15) is 25.0 Å². The summed E-state index contributed by atoms with van der Waals surface area (Å²) < 4.78 is 0. The molecule has 8 heteroatoms. The molecule has 7 nitrogen and oxygen atoms in total. The van der Waals surface area contributed by atoms with Gasteiger partial charge in [-0.2, -0.15) is 0 Å². The summed E-state index contributed by atoms with van der Waals surface area (Å²) in [4.78, 5) is 29.1. The number of piperidine rings is 1. The summed E-state index contributed by atoms with van der Waals surface area (Å²) in [7, 11) is 0. The molecule has 4 heterocycles. The topological polar surface area (TPSA) is 82.5 Å². The van der Waals surface area contributed by atoms with E-state index in [1.54, 1.807) is 5.51 Å². The first kappa shape index (κ1) is 22.3. The van der Waals surface area contributed by atoms with Crippen molar-refractivity contribution >= 4 is 34.2 Å². The standard InChI is InChI=1S/C26H27N5O2S/c32-26(33)31(16-20-17-34-18-28-20)15-11-19-9-13-30(14-10-19)25-7-3-6-24(29-25)22-8-12-27-23-5-2-1-4-21(22)23/h1-8,12,17-19H,9-11,13-16H2,(H,32,33). The molecule has 34 heavy (non-hydrogen) atoms. The lowest BCUT2D eigenvalue weighted by atomic mass is 9.93. The maximum Gasteiger partial charge on any atom is 0.407 e. The molecule has 4 aromatic rings. The zero-order valence-electron chi connectivity index (χ0n) is 18.9. The fraction of sp³-hybridized carbons (Fsp3) is 0.308. The molecule has 0 saturated carbocycles. The second kappa shape index (κ2) is 10.2. The number of aromatic nitrogens is 3. The zero-order chi connectivity index (χ0) is 23.3. The number of fused-ring (bicyclic) bond motifs is 1. The predicted molar refractivity (Wildman–Crippen MR) is 135 cm³/mol. The fourth-order valence-corrected chi connectivity index (χ4v) is 5.16. The first-order valence-electron chi connectivity index (χ1n) is 11.6. The van der Waals surface area contributed by atoms with Crippen LogP contribution in [0.3, 0.4) is 0 Å². The van der Waals surface area contributed by atoms with Crippen molar-refractivity contribution < 1.29 is 9.90 Å². The van der Waals surface area contributed by atoms with E-state index in [9.17, 15) is 9.90 Å².